The van der Waals surface area contributed by atoms with Gasteiger partial charge in [-0.2, -0.15) is 0 Å². The highest BCUT2D eigenvalue weighted by Gasteiger charge is 2.38. The van der Waals surface area contributed by atoms with Crippen LogP contribution in [0.15, 0.2) is 0 Å². The third-order valence-corrected chi connectivity index (χ3v) is 3.42. The van der Waals surface area contributed by atoms with Crippen molar-refractivity contribution >= 4 is 5.91 Å². The number of carbonyl (C=O) groups is 1. The summed E-state index contributed by atoms with van der Waals surface area (Å²) in [5, 5.41) is 0. The van der Waals surface area contributed by atoms with Crippen LogP contribution < -0.4 is 5.73 Å². The number of rotatable bonds is 3. The topological polar surface area (TPSA) is 46.3 Å². The molecule has 16 heavy (non-hydrogen) atoms. The SMILES string of the molecule is CC(CN)N(C)C(=O)C1CCC(F)(F)CC1. The Bertz CT molecular complexity index is 248. The van der Waals surface area contributed by atoms with Crippen molar-refractivity contribution in [3.05, 3.63) is 0 Å². The number of carbonyl (C=O) groups excluding carboxylic acids is 1. The third-order valence-electron chi connectivity index (χ3n) is 3.42. The number of nitrogens with two attached hydrogens (primary N) is 1. The molecule has 5 heteroatoms. The highest BCUT2D eigenvalue weighted by atomic mass is 19.3. The van der Waals surface area contributed by atoms with Crippen molar-refractivity contribution in [2.24, 2.45) is 11.7 Å². The molecule has 1 unspecified atom stereocenters. The Hall–Kier alpha value is -0.710. The maximum atomic E-state index is 12.9. The molecule has 0 aromatic carbocycles. The second-order valence-corrected chi connectivity index (χ2v) is 4.66. The van der Waals surface area contributed by atoms with Crippen molar-refractivity contribution in [1.29, 1.82) is 0 Å². The first-order valence-electron chi connectivity index (χ1n) is 5.72. The van der Waals surface area contributed by atoms with Crippen LogP contribution >= 0.6 is 0 Å². The van der Waals surface area contributed by atoms with E-state index in [4.69, 9.17) is 5.73 Å². The molecule has 94 valence electrons. The van der Waals surface area contributed by atoms with E-state index in [1.54, 1.807) is 11.9 Å². The first-order chi connectivity index (χ1) is 7.37. The van der Waals surface area contributed by atoms with Crippen molar-refractivity contribution in [3.8, 4) is 0 Å². The van der Waals surface area contributed by atoms with Crippen molar-refractivity contribution in [2.45, 2.75) is 44.6 Å². The lowest BCUT2D eigenvalue weighted by Gasteiger charge is -2.32. The van der Waals surface area contributed by atoms with E-state index in [1.807, 2.05) is 6.92 Å². The van der Waals surface area contributed by atoms with E-state index in [-0.39, 0.29) is 43.6 Å². The van der Waals surface area contributed by atoms with Crippen molar-refractivity contribution < 1.29 is 13.6 Å². The number of alkyl halides is 2. The first kappa shape index (κ1) is 13.4. The number of nitrogens with zero attached hydrogens (tertiary/aromatic N) is 1. The summed E-state index contributed by atoms with van der Waals surface area (Å²) in [5.74, 6) is -2.87. The Kier molecular flexibility index (Phi) is 4.24. The molecule has 1 aliphatic rings. The minimum atomic E-state index is -2.57. The number of hydrogen-bond donors (Lipinski definition) is 1. The Morgan fingerprint density at radius 1 is 1.50 bits per heavy atom. The Balaban J connectivity index is 2.50. The van der Waals surface area contributed by atoms with E-state index in [2.05, 4.69) is 0 Å². The van der Waals surface area contributed by atoms with Gasteiger partial charge in [0.1, 0.15) is 0 Å². The molecule has 0 heterocycles. The fourth-order valence-electron chi connectivity index (χ4n) is 1.95. The van der Waals surface area contributed by atoms with Crippen molar-refractivity contribution in [1.82, 2.24) is 4.90 Å². The molecule has 1 aliphatic carbocycles. The van der Waals surface area contributed by atoms with Gasteiger partial charge in [0.05, 0.1) is 0 Å². The van der Waals surface area contributed by atoms with Crippen LogP contribution in [0.25, 0.3) is 0 Å². The summed E-state index contributed by atoms with van der Waals surface area (Å²) < 4.78 is 25.8. The van der Waals surface area contributed by atoms with Crippen LogP contribution in [-0.4, -0.2) is 36.4 Å². The van der Waals surface area contributed by atoms with Crippen molar-refractivity contribution in [3.63, 3.8) is 0 Å². The van der Waals surface area contributed by atoms with Gasteiger partial charge in [-0.05, 0) is 19.8 Å². The van der Waals surface area contributed by atoms with Crippen LogP contribution in [0.4, 0.5) is 8.78 Å². The van der Waals surface area contributed by atoms with E-state index < -0.39 is 5.92 Å². The summed E-state index contributed by atoms with van der Waals surface area (Å²) in [6.07, 6.45) is 0.226. The molecule has 0 aromatic heterocycles. The Morgan fingerprint density at radius 2 is 2.00 bits per heavy atom. The molecular formula is C11H20F2N2O. The predicted molar refractivity (Wildman–Crippen MR) is 58.2 cm³/mol. The van der Waals surface area contributed by atoms with Crippen LogP contribution in [-0.2, 0) is 4.79 Å². The molecule has 1 atom stereocenters. The Labute approximate surface area is 95.0 Å². The van der Waals surface area contributed by atoms with Gasteiger partial charge >= 0.3 is 0 Å². The predicted octanol–water partition coefficient (Wildman–Crippen LogP) is 1.62. The van der Waals surface area contributed by atoms with E-state index in [0.717, 1.165) is 0 Å². The maximum Gasteiger partial charge on any atom is 0.248 e. The van der Waals surface area contributed by atoms with Crippen LogP contribution in [0.3, 0.4) is 0 Å². The molecule has 3 nitrogen and oxygen atoms in total. The molecule has 0 saturated heterocycles. The van der Waals surface area contributed by atoms with Gasteiger partial charge in [-0.15, -0.1) is 0 Å². The van der Waals surface area contributed by atoms with E-state index in [9.17, 15) is 13.6 Å². The molecule has 1 fully saturated rings. The average molecular weight is 234 g/mol. The van der Waals surface area contributed by atoms with Gasteiger partial charge < -0.3 is 10.6 Å². The fraction of sp³-hybridized carbons (Fsp3) is 0.909. The Morgan fingerprint density at radius 3 is 2.44 bits per heavy atom. The normalized spacial score (nSPS) is 22.8. The molecule has 1 amide bonds. The lowest BCUT2D eigenvalue weighted by atomic mass is 9.86. The zero-order valence-electron chi connectivity index (χ0n) is 9.88. The monoisotopic (exact) mass is 234 g/mol. The van der Waals surface area contributed by atoms with E-state index in [1.165, 1.54) is 0 Å². The molecule has 0 aromatic rings. The smallest absolute Gasteiger partial charge is 0.248 e. The molecule has 2 N–H and O–H groups in total. The summed E-state index contributed by atoms with van der Waals surface area (Å²) in [6.45, 7) is 2.25. The molecule has 0 bridgehead atoms. The highest BCUT2D eigenvalue weighted by Crippen LogP contribution is 2.36. The summed E-state index contributed by atoms with van der Waals surface area (Å²) in [6, 6.07) is -0.0325. The van der Waals surface area contributed by atoms with Gasteiger partial charge in [-0.1, -0.05) is 0 Å². The molecule has 0 spiro atoms. The molecule has 1 rings (SSSR count). The lowest BCUT2D eigenvalue weighted by molar-refractivity contribution is -0.140. The third kappa shape index (κ3) is 3.14. The molecule has 0 radical (unpaired) electrons. The fourth-order valence-corrected chi connectivity index (χ4v) is 1.95. The average Bonchev–Trinajstić information content (AvgIpc) is 2.26. The summed E-state index contributed by atoms with van der Waals surface area (Å²) in [7, 11) is 1.69. The minimum absolute atomic E-state index is 0.0325. The zero-order valence-corrected chi connectivity index (χ0v) is 9.88. The van der Waals surface area contributed by atoms with Crippen LogP contribution in [0.2, 0.25) is 0 Å². The van der Waals surface area contributed by atoms with Crippen LogP contribution in [0, 0.1) is 5.92 Å². The quantitative estimate of drug-likeness (QED) is 0.806. The van der Waals surface area contributed by atoms with Gasteiger partial charge in [-0.3, -0.25) is 4.79 Å². The summed E-state index contributed by atoms with van der Waals surface area (Å²) in [4.78, 5) is 13.5. The number of halogens is 2. The lowest BCUT2D eigenvalue weighted by Crippen LogP contribution is -2.44. The minimum Gasteiger partial charge on any atom is -0.342 e. The number of hydrogen-bond acceptors (Lipinski definition) is 2. The second-order valence-electron chi connectivity index (χ2n) is 4.66. The van der Waals surface area contributed by atoms with E-state index in [0.29, 0.717) is 6.54 Å². The highest BCUT2D eigenvalue weighted by molar-refractivity contribution is 5.79. The van der Waals surface area contributed by atoms with Crippen LogP contribution in [0.1, 0.15) is 32.6 Å². The zero-order chi connectivity index (χ0) is 12.3. The molecule has 0 aliphatic heterocycles. The van der Waals surface area contributed by atoms with Gasteiger partial charge in [0, 0.05) is 38.4 Å². The molecular weight excluding hydrogens is 214 g/mol. The molecule has 1 saturated carbocycles. The first-order valence-corrected chi connectivity index (χ1v) is 5.72. The summed E-state index contributed by atoms with van der Waals surface area (Å²) >= 11 is 0. The van der Waals surface area contributed by atoms with Gasteiger partial charge in [0.15, 0.2) is 0 Å². The van der Waals surface area contributed by atoms with E-state index >= 15 is 0 Å². The second kappa shape index (κ2) is 5.08. The maximum absolute atomic E-state index is 12.9. The number of likely N-dealkylation sites (N-methyl/N-ethyl adjacent to an activating group) is 1. The van der Waals surface area contributed by atoms with Crippen LogP contribution in [0.5, 0.6) is 0 Å². The summed E-state index contributed by atoms with van der Waals surface area (Å²) in [5.41, 5.74) is 5.47. The largest absolute Gasteiger partial charge is 0.342 e. The number of amides is 1. The van der Waals surface area contributed by atoms with Gasteiger partial charge in [0.2, 0.25) is 11.8 Å². The van der Waals surface area contributed by atoms with Gasteiger partial charge in [0.25, 0.3) is 0 Å². The van der Waals surface area contributed by atoms with Crippen molar-refractivity contribution in [2.75, 3.05) is 13.6 Å². The standard InChI is InChI=1S/C11H20F2N2O/c1-8(7-14)15(2)10(16)9-3-5-11(12,13)6-4-9/h8-9H,3-7,14H2,1-2H3. The van der Waals surface area contributed by atoms with Gasteiger partial charge in [-0.25, -0.2) is 8.78 Å².